The molecule has 1 rings (SSSR count). The Morgan fingerprint density at radius 2 is 2.11 bits per heavy atom. The van der Waals surface area contributed by atoms with Gasteiger partial charge in [-0.05, 0) is 18.7 Å². The molecule has 18 heavy (non-hydrogen) atoms. The third kappa shape index (κ3) is 5.01. The van der Waals surface area contributed by atoms with E-state index in [1.54, 1.807) is 0 Å². The lowest BCUT2D eigenvalue weighted by molar-refractivity contribution is -0.125. The molecule has 0 spiro atoms. The topological polar surface area (TPSA) is 85.1 Å². The Morgan fingerprint density at radius 1 is 1.33 bits per heavy atom. The van der Waals surface area contributed by atoms with Crippen molar-refractivity contribution in [3.05, 3.63) is 29.8 Å². The van der Waals surface area contributed by atoms with Crippen LogP contribution in [0.4, 0.5) is 4.39 Å². The van der Waals surface area contributed by atoms with Gasteiger partial charge in [-0.3, -0.25) is 14.6 Å². The Hall–Kier alpha value is -1.82. The number of aromatic nitrogens is 1. The standard InChI is InChI=1S/C12H16FN3O2/c13-10-2-1-7-15-11(10)8-16-12(18)4-3-9(17)5-6-14/h1-2,7H,3-6,8,14H2,(H,16,18). The number of nitrogens with one attached hydrogen (secondary N) is 1. The second kappa shape index (κ2) is 7.50. The molecule has 0 radical (unpaired) electrons. The van der Waals surface area contributed by atoms with Crippen molar-refractivity contribution in [1.82, 2.24) is 10.3 Å². The Balaban J connectivity index is 2.29. The van der Waals surface area contributed by atoms with Crippen molar-refractivity contribution in [2.45, 2.75) is 25.8 Å². The van der Waals surface area contributed by atoms with Crippen LogP contribution in [0.2, 0.25) is 0 Å². The van der Waals surface area contributed by atoms with Crippen LogP contribution in [-0.4, -0.2) is 23.2 Å². The number of nitrogens with two attached hydrogens (primary N) is 1. The average Bonchev–Trinajstić information content (AvgIpc) is 2.36. The summed E-state index contributed by atoms with van der Waals surface area (Å²) in [6.07, 6.45) is 1.98. The van der Waals surface area contributed by atoms with E-state index in [0.29, 0.717) is 6.54 Å². The van der Waals surface area contributed by atoms with E-state index in [4.69, 9.17) is 5.73 Å². The molecule has 1 aromatic heterocycles. The molecule has 0 bridgehead atoms. The predicted octanol–water partition coefficient (Wildman–Crippen LogP) is 0.535. The second-order valence-electron chi connectivity index (χ2n) is 3.79. The third-order valence-corrected chi connectivity index (χ3v) is 2.34. The van der Waals surface area contributed by atoms with Crippen LogP contribution >= 0.6 is 0 Å². The van der Waals surface area contributed by atoms with Gasteiger partial charge in [0.05, 0.1) is 12.2 Å². The van der Waals surface area contributed by atoms with Crippen molar-refractivity contribution >= 4 is 11.7 Å². The van der Waals surface area contributed by atoms with Crippen LogP contribution in [0.5, 0.6) is 0 Å². The number of Topliss-reactive ketones (excluding diaryl/α,β-unsaturated/α-hetero) is 1. The summed E-state index contributed by atoms with van der Waals surface area (Å²) in [7, 11) is 0. The van der Waals surface area contributed by atoms with Crippen molar-refractivity contribution in [1.29, 1.82) is 0 Å². The molecule has 0 aliphatic heterocycles. The predicted molar refractivity (Wildman–Crippen MR) is 64.0 cm³/mol. The van der Waals surface area contributed by atoms with Crippen molar-refractivity contribution in [3.63, 3.8) is 0 Å². The first kappa shape index (κ1) is 14.2. The second-order valence-corrected chi connectivity index (χ2v) is 3.79. The summed E-state index contributed by atoms with van der Waals surface area (Å²) in [6.45, 7) is 0.316. The molecule has 0 aromatic carbocycles. The number of ketones is 1. The summed E-state index contributed by atoms with van der Waals surface area (Å²) < 4.78 is 13.2. The molecule has 0 atom stereocenters. The monoisotopic (exact) mass is 253 g/mol. The van der Waals surface area contributed by atoms with Crippen LogP contribution in [0.1, 0.15) is 25.0 Å². The summed E-state index contributed by atoms with van der Waals surface area (Å²) in [5, 5.41) is 2.51. The van der Waals surface area contributed by atoms with E-state index >= 15 is 0 Å². The molecule has 3 N–H and O–H groups in total. The maximum atomic E-state index is 13.2. The molecule has 0 fully saturated rings. The fourth-order valence-electron chi connectivity index (χ4n) is 1.36. The highest BCUT2D eigenvalue weighted by Gasteiger charge is 2.08. The number of carbonyl (C=O) groups is 2. The van der Waals surface area contributed by atoms with Crippen molar-refractivity contribution in [2.24, 2.45) is 5.73 Å². The van der Waals surface area contributed by atoms with Crippen LogP contribution < -0.4 is 11.1 Å². The zero-order valence-electron chi connectivity index (χ0n) is 9.99. The van der Waals surface area contributed by atoms with Gasteiger partial charge in [0, 0.05) is 25.5 Å². The molecule has 0 aliphatic carbocycles. The van der Waals surface area contributed by atoms with E-state index in [2.05, 4.69) is 10.3 Å². The van der Waals surface area contributed by atoms with E-state index in [-0.39, 0.29) is 43.2 Å². The highest BCUT2D eigenvalue weighted by atomic mass is 19.1. The Bertz CT molecular complexity index is 424. The molecule has 0 saturated heterocycles. The number of hydrogen-bond acceptors (Lipinski definition) is 4. The SMILES string of the molecule is NCCC(=O)CCC(=O)NCc1ncccc1F. The number of pyridine rings is 1. The van der Waals surface area contributed by atoms with Gasteiger partial charge in [-0.25, -0.2) is 4.39 Å². The van der Waals surface area contributed by atoms with Gasteiger partial charge in [0.25, 0.3) is 0 Å². The van der Waals surface area contributed by atoms with Gasteiger partial charge in [0.15, 0.2) is 0 Å². The van der Waals surface area contributed by atoms with Gasteiger partial charge < -0.3 is 11.1 Å². The minimum atomic E-state index is -0.461. The van der Waals surface area contributed by atoms with Crippen LogP contribution in [0.15, 0.2) is 18.3 Å². The molecule has 0 aliphatic rings. The maximum Gasteiger partial charge on any atom is 0.220 e. The number of amides is 1. The van der Waals surface area contributed by atoms with Crippen LogP contribution in [0, 0.1) is 5.82 Å². The smallest absolute Gasteiger partial charge is 0.220 e. The zero-order valence-corrected chi connectivity index (χ0v) is 9.99. The van der Waals surface area contributed by atoms with Gasteiger partial charge in [-0.1, -0.05) is 0 Å². The van der Waals surface area contributed by atoms with Crippen LogP contribution in [-0.2, 0) is 16.1 Å². The van der Waals surface area contributed by atoms with Crippen molar-refractivity contribution in [2.75, 3.05) is 6.54 Å². The Labute approximate surface area is 105 Å². The Kier molecular flexibility index (Phi) is 5.93. The molecular weight excluding hydrogens is 237 g/mol. The lowest BCUT2D eigenvalue weighted by Gasteiger charge is -2.05. The van der Waals surface area contributed by atoms with E-state index in [1.165, 1.54) is 18.3 Å². The third-order valence-electron chi connectivity index (χ3n) is 2.34. The summed E-state index contributed by atoms with van der Waals surface area (Å²) in [5.74, 6) is -0.806. The van der Waals surface area contributed by atoms with E-state index in [9.17, 15) is 14.0 Å². The minimum Gasteiger partial charge on any atom is -0.350 e. The maximum absolute atomic E-state index is 13.2. The summed E-state index contributed by atoms with van der Waals surface area (Å²) in [4.78, 5) is 26.3. The van der Waals surface area contributed by atoms with E-state index < -0.39 is 5.82 Å². The van der Waals surface area contributed by atoms with Crippen molar-refractivity contribution < 1.29 is 14.0 Å². The van der Waals surface area contributed by atoms with E-state index in [1.807, 2.05) is 0 Å². The molecule has 5 nitrogen and oxygen atoms in total. The number of carbonyl (C=O) groups excluding carboxylic acids is 2. The zero-order chi connectivity index (χ0) is 13.4. The van der Waals surface area contributed by atoms with Gasteiger partial charge in [0.2, 0.25) is 5.91 Å². The normalized spacial score (nSPS) is 10.1. The molecule has 0 unspecified atom stereocenters. The largest absolute Gasteiger partial charge is 0.350 e. The first-order valence-corrected chi connectivity index (χ1v) is 5.71. The van der Waals surface area contributed by atoms with Crippen molar-refractivity contribution in [3.8, 4) is 0 Å². The first-order valence-electron chi connectivity index (χ1n) is 5.71. The molecule has 98 valence electrons. The fraction of sp³-hybridized carbons (Fsp3) is 0.417. The summed E-state index contributed by atoms with van der Waals surface area (Å²) in [5.41, 5.74) is 5.40. The molecule has 1 heterocycles. The quantitative estimate of drug-likeness (QED) is 0.742. The highest BCUT2D eigenvalue weighted by molar-refractivity contribution is 5.84. The fourth-order valence-corrected chi connectivity index (χ4v) is 1.36. The number of rotatable bonds is 7. The summed E-state index contributed by atoms with van der Waals surface area (Å²) in [6, 6.07) is 2.76. The molecule has 0 saturated carbocycles. The molecule has 1 amide bonds. The number of nitrogens with zero attached hydrogens (tertiary/aromatic N) is 1. The Morgan fingerprint density at radius 3 is 2.78 bits per heavy atom. The summed E-state index contributed by atoms with van der Waals surface area (Å²) >= 11 is 0. The molecule has 1 aromatic rings. The number of hydrogen-bond donors (Lipinski definition) is 2. The first-order chi connectivity index (χ1) is 8.63. The van der Waals surface area contributed by atoms with Crippen LogP contribution in [0.3, 0.4) is 0 Å². The van der Waals surface area contributed by atoms with Gasteiger partial charge >= 0.3 is 0 Å². The molecule has 6 heteroatoms. The lowest BCUT2D eigenvalue weighted by Crippen LogP contribution is -2.24. The van der Waals surface area contributed by atoms with E-state index in [0.717, 1.165) is 0 Å². The molecular formula is C12H16FN3O2. The van der Waals surface area contributed by atoms with Gasteiger partial charge in [-0.15, -0.1) is 0 Å². The van der Waals surface area contributed by atoms with Gasteiger partial charge in [-0.2, -0.15) is 0 Å². The minimum absolute atomic E-state index is 0.0244. The lowest BCUT2D eigenvalue weighted by atomic mass is 10.1. The van der Waals surface area contributed by atoms with Gasteiger partial charge in [0.1, 0.15) is 11.6 Å². The highest BCUT2D eigenvalue weighted by Crippen LogP contribution is 2.02. The average molecular weight is 253 g/mol. The number of halogens is 1. The van der Waals surface area contributed by atoms with Crippen LogP contribution in [0.25, 0.3) is 0 Å².